The summed E-state index contributed by atoms with van der Waals surface area (Å²) in [6, 6.07) is 0. The quantitative estimate of drug-likeness (QED) is 0.609. The summed E-state index contributed by atoms with van der Waals surface area (Å²) in [7, 11) is 0. The third-order valence-corrected chi connectivity index (χ3v) is 2.08. The second kappa shape index (κ2) is 6.81. The van der Waals surface area contributed by atoms with Gasteiger partial charge in [-0.15, -0.1) is 0 Å². The first kappa shape index (κ1) is 12.3. The van der Waals surface area contributed by atoms with Crippen LogP contribution in [0.15, 0.2) is 0 Å². The number of hydrogen-bond donors (Lipinski definition) is 0. The molecule has 0 N–H and O–H groups in total. The van der Waals surface area contributed by atoms with Gasteiger partial charge in [-0.05, 0) is 12.3 Å². The van der Waals surface area contributed by atoms with E-state index < -0.39 is 0 Å². The highest BCUT2D eigenvalue weighted by molar-refractivity contribution is 5.81. The van der Waals surface area contributed by atoms with E-state index in [1.807, 2.05) is 20.8 Å². The van der Waals surface area contributed by atoms with Crippen LogP contribution >= 0.6 is 0 Å². The third-order valence-electron chi connectivity index (χ3n) is 2.08. The zero-order valence-corrected chi connectivity index (χ0v) is 8.93. The maximum Gasteiger partial charge on any atom is 0.133 e. The maximum atomic E-state index is 11.2. The van der Waals surface area contributed by atoms with Crippen LogP contribution in [0.25, 0.3) is 0 Å². The van der Waals surface area contributed by atoms with Crippen molar-refractivity contribution in [2.45, 2.75) is 52.9 Å². The van der Waals surface area contributed by atoms with E-state index in [0.29, 0.717) is 31.5 Å². The first-order valence-electron chi connectivity index (χ1n) is 5.13. The minimum Gasteiger partial charge on any atom is -0.300 e. The van der Waals surface area contributed by atoms with Gasteiger partial charge in [0.2, 0.25) is 0 Å². The fraction of sp³-hybridized carbons (Fsp3) is 0.818. The van der Waals surface area contributed by atoms with E-state index in [4.69, 9.17) is 0 Å². The summed E-state index contributed by atoms with van der Waals surface area (Å²) in [6.45, 7) is 5.84. The molecule has 0 fully saturated rings. The number of carbonyl (C=O) groups is 2. The molecule has 0 aliphatic rings. The van der Waals surface area contributed by atoms with Crippen LogP contribution in [0, 0.1) is 5.92 Å². The van der Waals surface area contributed by atoms with Crippen molar-refractivity contribution in [3.05, 3.63) is 0 Å². The molecule has 2 heteroatoms. The Balaban J connectivity index is 3.67. The molecule has 0 amide bonds. The maximum absolute atomic E-state index is 11.2. The Hall–Kier alpha value is -0.660. The molecule has 76 valence electrons. The van der Waals surface area contributed by atoms with Gasteiger partial charge in [0.05, 0.1) is 0 Å². The third kappa shape index (κ3) is 6.50. The molecule has 0 radical (unpaired) electrons. The van der Waals surface area contributed by atoms with Gasteiger partial charge < -0.3 is 0 Å². The lowest BCUT2D eigenvalue weighted by atomic mass is 9.96. The highest BCUT2D eigenvalue weighted by atomic mass is 16.1. The van der Waals surface area contributed by atoms with E-state index in [0.717, 1.165) is 6.42 Å². The van der Waals surface area contributed by atoms with Crippen molar-refractivity contribution in [2.24, 2.45) is 5.92 Å². The monoisotopic (exact) mass is 184 g/mol. The minimum atomic E-state index is 0.228. The molecule has 0 bridgehead atoms. The van der Waals surface area contributed by atoms with Gasteiger partial charge in [-0.3, -0.25) is 9.59 Å². The van der Waals surface area contributed by atoms with Gasteiger partial charge in [0.1, 0.15) is 11.6 Å². The van der Waals surface area contributed by atoms with Crippen molar-refractivity contribution in [1.82, 2.24) is 0 Å². The van der Waals surface area contributed by atoms with Crippen LogP contribution in [0.2, 0.25) is 0 Å². The van der Waals surface area contributed by atoms with Crippen molar-refractivity contribution in [1.29, 1.82) is 0 Å². The van der Waals surface area contributed by atoms with Crippen LogP contribution in [-0.2, 0) is 9.59 Å². The standard InChI is InChI=1S/C11H20O2/c1-4-6-11(13)8-9(3)7-10(12)5-2/h9H,4-8H2,1-3H3. The van der Waals surface area contributed by atoms with Crippen molar-refractivity contribution in [3.63, 3.8) is 0 Å². The first-order valence-corrected chi connectivity index (χ1v) is 5.13. The lowest BCUT2D eigenvalue weighted by Crippen LogP contribution is -2.09. The number of ketones is 2. The Morgan fingerprint density at radius 1 is 1.08 bits per heavy atom. The Morgan fingerprint density at radius 2 is 1.62 bits per heavy atom. The van der Waals surface area contributed by atoms with E-state index in [-0.39, 0.29) is 11.7 Å². The topological polar surface area (TPSA) is 34.1 Å². The predicted molar refractivity (Wildman–Crippen MR) is 53.6 cm³/mol. The van der Waals surface area contributed by atoms with Crippen molar-refractivity contribution >= 4 is 11.6 Å². The molecule has 1 atom stereocenters. The molecule has 13 heavy (non-hydrogen) atoms. The van der Waals surface area contributed by atoms with Gasteiger partial charge in [0.25, 0.3) is 0 Å². The smallest absolute Gasteiger partial charge is 0.133 e. The lowest BCUT2D eigenvalue weighted by molar-refractivity contribution is -0.121. The number of hydrogen-bond acceptors (Lipinski definition) is 2. The molecule has 0 aliphatic heterocycles. The van der Waals surface area contributed by atoms with Gasteiger partial charge in [0, 0.05) is 25.7 Å². The van der Waals surface area contributed by atoms with E-state index in [2.05, 4.69) is 0 Å². The molecule has 0 aromatic carbocycles. The Bertz CT molecular complexity index is 173. The van der Waals surface area contributed by atoms with Crippen LogP contribution in [-0.4, -0.2) is 11.6 Å². The summed E-state index contributed by atoms with van der Waals surface area (Å²) in [4.78, 5) is 22.3. The van der Waals surface area contributed by atoms with Gasteiger partial charge >= 0.3 is 0 Å². The molecule has 1 unspecified atom stereocenters. The van der Waals surface area contributed by atoms with Crippen molar-refractivity contribution in [2.75, 3.05) is 0 Å². The van der Waals surface area contributed by atoms with Crippen molar-refractivity contribution in [3.8, 4) is 0 Å². The molecule has 0 heterocycles. The highest BCUT2D eigenvalue weighted by Crippen LogP contribution is 2.11. The van der Waals surface area contributed by atoms with E-state index in [1.165, 1.54) is 0 Å². The highest BCUT2D eigenvalue weighted by Gasteiger charge is 2.11. The van der Waals surface area contributed by atoms with Gasteiger partial charge in [-0.25, -0.2) is 0 Å². The molecule has 0 aromatic heterocycles. The summed E-state index contributed by atoms with van der Waals surface area (Å²) < 4.78 is 0. The largest absolute Gasteiger partial charge is 0.300 e. The van der Waals surface area contributed by atoms with E-state index in [9.17, 15) is 9.59 Å². The average molecular weight is 184 g/mol. The fourth-order valence-electron chi connectivity index (χ4n) is 1.37. The molecule has 0 spiro atoms. The molecule has 0 aromatic rings. The number of carbonyl (C=O) groups excluding carboxylic acids is 2. The van der Waals surface area contributed by atoms with E-state index in [1.54, 1.807) is 0 Å². The van der Waals surface area contributed by atoms with Crippen molar-refractivity contribution < 1.29 is 9.59 Å². The first-order chi connectivity index (χ1) is 6.10. The van der Waals surface area contributed by atoms with Gasteiger partial charge in [-0.2, -0.15) is 0 Å². The fourth-order valence-corrected chi connectivity index (χ4v) is 1.37. The minimum absolute atomic E-state index is 0.228. The Morgan fingerprint density at radius 3 is 2.08 bits per heavy atom. The lowest BCUT2D eigenvalue weighted by Gasteiger charge is -2.07. The normalized spacial score (nSPS) is 12.5. The molecule has 0 aliphatic carbocycles. The van der Waals surface area contributed by atoms with Crippen LogP contribution in [0.4, 0.5) is 0 Å². The van der Waals surface area contributed by atoms with Crippen LogP contribution < -0.4 is 0 Å². The summed E-state index contributed by atoms with van der Waals surface area (Å²) in [5.74, 6) is 0.780. The summed E-state index contributed by atoms with van der Waals surface area (Å²) in [5.41, 5.74) is 0. The van der Waals surface area contributed by atoms with Gasteiger partial charge in [-0.1, -0.05) is 20.8 Å². The summed E-state index contributed by atoms with van der Waals surface area (Å²) in [5, 5.41) is 0. The average Bonchev–Trinajstić information content (AvgIpc) is 2.04. The van der Waals surface area contributed by atoms with Gasteiger partial charge in [0.15, 0.2) is 0 Å². The van der Waals surface area contributed by atoms with Crippen LogP contribution in [0.5, 0.6) is 0 Å². The zero-order valence-electron chi connectivity index (χ0n) is 8.93. The second-order valence-electron chi connectivity index (χ2n) is 3.69. The Kier molecular flexibility index (Phi) is 6.47. The Labute approximate surface area is 80.7 Å². The van der Waals surface area contributed by atoms with E-state index >= 15 is 0 Å². The van der Waals surface area contributed by atoms with Crippen LogP contribution in [0.3, 0.4) is 0 Å². The summed E-state index contributed by atoms with van der Waals surface area (Å²) >= 11 is 0. The SMILES string of the molecule is CCCC(=O)CC(C)CC(=O)CC. The molecule has 0 rings (SSSR count). The summed E-state index contributed by atoms with van der Waals surface area (Å²) in [6.07, 6.45) is 3.29. The molecule has 2 nitrogen and oxygen atoms in total. The van der Waals surface area contributed by atoms with Crippen LogP contribution in [0.1, 0.15) is 52.9 Å². The number of rotatable bonds is 7. The number of Topliss-reactive ketones (excluding diaryl/α,β-unsaturated/α-hetero) is 2. The molecule has 0 saturated carbocycles. The second-order valence-corrected chi connectivity index (χ2v) is 3.69. The molecular weight excluding hydrogens is 164 g/mol. The molecular formula is C11H20O2. The predicted octanol–water partition coefficient (Wildman–Crippen LogP) is 2.75. The zero-order chi connectivity index (χ0) is 10.3. The molecule has 0 saturated heterocycles.